The Balaban J connectivity index is 1.59. The van der Waals surface area contributed by atoms with Crippen LogP contribution >= 0.6 is 0 Å². The van der Waals surface area contributed by atoms with E-state index in [4.69, 9.17) is 4.74 Å². The maximum atomic E-state index is 6.33. The van der Waals surface area contributed by atoms with E-state index in [1.807, 2.05) is 7.11 Å². The molecule has 2 saturated carbocycles. The van der Waals surface area contributed by atoms with Crippen LogP contribution in [0.15, 0.2) is 34.4 Å². The first kappa shape index (κ1) is 27.7. The van der Waals surface area contributed by atoms with Crippen LogP contribution in [0.25, 0.3) is 0 Å². The second-order valence-corrected chi connectivity index (χ2v) is 25.7. The number of benzene rings is 1. The van der Waals surface area contributed by atoms with E-state index in [0.717, 1.165) is 17.8 Å². The van der Waals surface area contributed by atoms with Crippen molar-refractivity contribution < 1.29 is 4.74 Å². The Labute approximate surface area is 221 Å². The Hall–Kier alpha value is -0.281. The normalized spacial score (nSPS) is 32.4. The molecule has 35 heavy (non-hydrogen) atoms. The first-order chi connectivity index (χ1) is 17.0. The number of ether oxygens (including phenoxy) is 1. The van der Waals surface area contributed by atoms with Gasteiger partial charge in [-0.25, -0.2) is 0 Å². The second kappa shape index (κ2) is 12.5. The standard InChI is InChI=1S/C21H27O.3C4H9.Sn/c1-4-15-10-12-18-17-11-9-14-7-5-6-8-16(14)20(17)19(22-3)13-21(15,18)2;3*1-3-4-2;/h1,4-8,15,17-20H,9-13H2,2-3H3;3*1,3-4H2,2H3;/t15-,17+,18+,19+,20-,21-;;;;/m1..../s1. The van der Waals surface area contributed by atoms with Gasteiger partial charge in [0.25, 0.3) is 0 Å². The van der Waals surface area contributed by atoms with Gasteiger partial charge in [-0.2, -0.15) is 0 Å². The summed E-state index contributed by atoms with van der Waals surface area (Å²) in [4.78, 5) is 0. The molecule has 1 aromatic rings. The average molecular weight is 586 g/mol. The maximum absolute atomic E-state index is 6.33. The summed E-state index contributed by atoms with van der Waals surface area (Å²) in [5.41, 5.74) is 3.63. The molecule has 196 valence electrons. The minimum atomic E-state index is -2.24. The Morgan fingerprint density at radius 1 is 0.943 bits per heavy atom. The summed E-state index contributed by atoms with van der Waals surface area (Å²) >= 11 is -2.24. The molecule has 2 fully saturated rings. The second-order valence-electron chi connectivity index (χ2n) is 12.7. The van der Waals surface area contributed by atoms with Gasteiger partial charge in [-0.05, 0) is 0 Å². The number of fused-ring (bicyclic) bond motifs is 5. The third kappa shape index (κ3) is 5.76. The molecule has 0 aromatic heterocycles. The molecule has 1 aromatic carbocycles. The van der Waals surface area contributed by atoms with Crippen molar-refractivity contribution in [1.29, 1.82) is 0 Å². The van der Waals surface area contributed by atoms with Gasteiger partial charge in [0.05, 0.1) is 0 Å². The molecule has 0 spiro atoms. The third-order valence-electron chi connectivity index (χ3n) is 10.7. The molecule has 6 atom stereocenters. The van der Waals surface area contributed by atoms with E-state index in [-0.39, 0.29) is 0 Å². The van der Waals surface area contributed by atoms with Gasteiger partial charge in [-0.15, -0.1) is 0 Å². The van der Waals surface area contributed by atoms with Gasteiger partial charge in [0.2, 0.25) is 0 Å². The fraction of sp³-hybridized carbons (Fsp3) is 0.758. The van der Waals surface area contributed by atoms with E-state index in [0.29, 0.717) is 17.4 Å². The van der Waals surface area contributed by atoms with Crippen LogP contribution in [0.1, 0.15) is 109 Å². The summed E-state index contributed by atoms with van der Waals surface area (Å²) in [7, 11) is 1.99. The zero-order chi connectivity index (χ0) is 24.9. The van der Waals surface area contributed by atoms with Crippen LogP contribution in [0.3, 0.4) is 0 Å². The fourth-order valence-electron chi connectivity index (χ4n) is 8.68. The zero-order valence-corrected chi connectivity index (χ0v) is 26.5. The van der Waals surface area contributed by atoms with Crippen LogP contribution in [0, 0.1) is 23.2 Å². The number of hydrogen-bond donors (Lipinski definition) is 0. The van der Waals surface area contributed by atoms with Crippen molar-refractivity contribution in [2.45, 2.75) is 124 Å². The van der Waals surface area contributed by atoms with Crippen molar-refractivity contribution >= 4 is 18.4 Å². The van der Waals surface area contributed by atoms with Crippen LogP contribution < -0.4 is 0 Å². The topological polar surface area (TPSA) is 9.23 Å². The number of unbranched alkanes of at least 4 members (excludes halogenated alkanes) is 3. The van der Waals surface area contributed by atoms with Gasteiger partial charge in [0, 0.05) is 0 Å². The van der Waals surface area contributed by atoms with E-state index in [9.17, 15) is 0 Å². The van der Waals surface area contributed by atoms with Crippen molar-refractivity contribution in [3.63, 3.8) is 0 Å². The molecule has 3 aliphatic carbocycles. The zero-order valence-electron chi connectivity index (χ0n) is 23.7. The summed E-state index contributed by atoms with van der Waals surface area (Å²) in [6.45, 7) is 9.86. The van der Waals surface area contributed by atoms with Gasteiger partial charge in [-0.3, -0.25) is 0 Å². The van der Waals surface area contributed by atoms with E-state index >= 15 is 0 Å². The van der Waals surface area contributed by atoms with Crippen LogP contribution in [0.5, 0.6) is 0 Å². The molecule has 1 nitrogen and oxygen atoms in total. The SMILES string of the molecule is CCC[CH2][Sn](/[CH]=C\[C@@H]1CC[C@H]2[C@@H]3CCc4ccccc4[C@H]3[C@@H](OC)C[C@]12C)([CH2]CCC)[CH2]CCC. The van der Waals surface area contributed by atoms with E-state index < -0.39 is 18.4 Å². The Morgan fingerprint density at radius 3 is 2.23 bits per heavy atom. The van der Waals surface area contributed by atoms with Gasteiger partial charge in [-0.1, -0.05) is 0 Å². The summed E-state index contributed by atoms with van der Waals surface area (Å²) < 4.78 is 14.1. The van der Waals surface area contributed by atoms with Crippen molar-refractivity contribution in [2.75, 3.05) is 7.11 Å². The Kier molecular flexibility index (Phi) is 9.92. The van der Waals surface area contributed by atoms with Crippen LogP contribution in [0.4, 0.5) is 0 Å². The quantitative estimate of drug-likeness (QED) is 0.222. The van der Waals surface area contributed by atoms with Gasteiger partial charge in [0.1, 0.15) is 0 Å². The summed E-state index contributed by atoms with van der Waals surface area (Å²) in [6, 6.07) is 9.29. The number of aryl methyl sites for hydroxylation is 1. The minimum absolute atomic E-state index is 0.380. The molecular weight excluding hydrogens is 531 g/mol. The van der Waals surface area contributed by atoms with Gasteiger partial charge in [0.15, 0.2) is 0 Å². The molecule has 0 aliphatic heterocycles. The third-order valence-corrected chi connectivity index (χ3v) is 24.9. The molecular formula is C33H54OSn. The van der Waals surface area contributed by atoms with Crippen LogP contribution in [0.2, 0.25) is 13.3 Å². The van der Waals surface area contributed by atoms with Crippen molar-refractivity contribution in [3.05, 3.63) is 45.6 Å². The number of methoxy groups -OCH3 is 1. The molecule has 0 bridgehead atoms. The molecule has 0 saturated heterocycles. The molecule has 0 N–H and O–H groups in total. The molecule has 4 rings (SSSR count). The summed E-state index contributed by atoms with van der Waals surface area (Å²) in [6.07, 6.45) is 18.5. The Bertz CT molecular complexity index is 808. The van der Waals surface area contributed by atoms with Gasteiger partial charge >= 0.3 is 223 Å². The molecule has 0 radical (unpaired) electrons. The first-order valence-electron chi connectivity index (χ1n) is 15.3. The van der Waals surface area contributed by atoms with Crippen molar-refractivity contribution in [2.24, 2.45) is 23.2 Å². The predicted molar refractivity (Wildman–Crippen MR) is 155 cm³/mol. The molecule has 0 amide bonds. The van der Waals surface area contributed by atoms with Crippen molar-refractivity contribution in [3.8, 4) is 0 Å². The number of rotatable bonds is 12. The summed E-state index contributed by atoms with van der Waals surface area (Å²) in [5, 5.41) is 0. The fourth-order valence-corrected chi connectivity index (χ4v) is 23.1. The van der Waals surface area contributed by atoms with Crippen molar-refractivity contribution in [1.82, 2.24) is 0 Å². The summed E-state index contributed by atoms with van der Waals surface area (Å²) in [5.74, 6) is 3.06. The Morgan fingerprint density at radius 2 is 1.60 bits per heavy atom. The van der Waals surface area contributed by atoms with E-state index in [1.165, 1.54) is 70.6 Å². The molecule has 0 heterocycles. The first-order valence-corrected chi connectivity index (χ1v) is 23.0. The van der Waals surface area contributed by atoms with Crippen LogP contribution in [-0.2, 0) is 11.2 Å². The number of allylic oxidation sites excluding steroid dienone is 1. The van der Waals surface area contributed by atoms with Crippen LogP contribution in [-0.4, -0.2) is 31.6 Å². The van der Waals surface area contributed by atoms with E-state index in [1.54, 1.807) is 24.4 Å². The predicted octanol–water partition coefficient (Wildman–Crippen LogP) is 9.73. The van der Waals surface area contributed by atoms with E-state index in [2.05, 4.69) is 62.1 Å². The molecule has 2 heteroatoms. The molecule has 3 aliphatic rings. The average Bonchev–Trinajstić information content (AvgIpc) is 3.23. The molecule has 0 unspecified atom stereocenters. The number of hydrogen-bond acceptors (Lipinski definition) is 1. The van der Waals surface area contributed by atoms with Gasteiger partial charge < -0.3 is 0 Å². The monoisotopic (exact) mass is 586 g/mol.